The third kappa shape index (κ3) is 4.04. The molecule has 2 saturated heterocycles. The molecule has 2 fully saturated rings. The van der Waals surface area contributed by atoms with E-state index in [1.54, 1.807) is 28.6 Å². The molecule has 2 aliphatic heterocycles. The first-order valence-electron chi connectivity index (χ1n) is 9.11. The van der Waals surface area contributed by atoms with Crippen molar-refractivity contribution in [1.29, 1.82) is 0 Å². The van der Waals surface area contributed by atoms with Crippen LogP contribution in [0.25, 0.3) is 0 Å². The largest absolute Gasteiger partial charge is 0.338 e. The number of carbonyl (C=O) groups excluding carboxylic acids is 1. The zero-order valence-electron chi connectivity index (χ0n) is 14.6. The fraction of sp³-hybridized carbons (Fsp3) is 0.611. The second-order valence-electron chi connectivity index (χ2n) is 6.90. The van der Waals surface area contributed by atoms with Crippen LogP contribution in [0.1, 0.15) is 37.7 Å². The predicted molar refractivity (Wildman–Crippen MR) is 96.5 cm³/mol. The second kappa shape index (κ2) is 7.85. The summed E-state index contributed by atoms with van der Waals surface area (Å²) in [5.41, 5.74) is 6.57. The molecule has 0 aliphatic carbocycles. The minimum absolute atomic E-state index is 0.0691. The molecule has 0 saturated carbocycles. The highest BCUT2D eigenvalue weighted by atomic mass is 32.2. The normalized spacial score (nSPS) is 22.3. The van der Waals surface area contributed by atoms with Crippen molar-refractivity contribution in [2.24, 2.45) is 5.73 Å². The Morgan fingerprint density at radius 1 is 1.04 bits per heavy atom. The fourth-order valence-corrected chi connectivity index (χ4v) is 5.24. The van der Waals surface area contributed by atoms with Crippen molar-refractivity contribution < 1.29 is 13.2 Å². The lowest BCUT2D eigenvalue weighted by Gasteiger charge is -2.26. The maximum absolute atomic E-state index is 12.6. The summed E-state index contributed by atoms with van der Waals surface area (Å²) >= 11 is 0. The number of carbonyl (C=O) groups is 1. The molecule has 0 radical (unpaired) electrons. The molecule has 0 bridgehead atoms. The summed E-state index contributed by atoms with van der Waals surface area (Å²) < 4.78 is 26.9. The molecule has 0 spiro atoms. The lowest BCUT2D eigenvalue weighted by atomic mass is 10.1. The van der Waals surface area contributed by atoms with E-state index in [9.17, 15) is 13.2 Å². The monoisotopic (exact) mass is 365 g/mol. The number of sulfonamides is 1. The molecule has 1 atom stereocenters. The number of likely N-dealkylation sites (tertiary alicyclic amines) is 1. The third-order valence-electron chi connectivity index (χ3n) is 5.20. The molecule has 2 aliphatic rings. The van der Waals surface area contributed by atoms with Crippen molar-refractivity contribution >= 4 is 15.9 Å². The summed E-state index contributed by atoms with van der Waals surface area (Å²) in [5, 5.41) is 0. The molecule has 1 unspecified atom stereocenters. The Morgan fingerprint density at radius 3 is 2.36 bits per heavy atom. The number of hydrogen-bond acceptors (Lipinski definition) is 4. The summed E-state index contributed by atoms with van der Waals surface area (Å²) in [4.78, 5) is 14.6. The van der Waals surface area contributed by atoms with Crippen molar-refractivity contribution in [3.8, 4) is 0 Å². The van der Waals surface area contributed by atoms with Crippen LogP contribution >= 0.6 is 0 Å². The van der Waals surface area contributed by atoms with E-state index in [1.165, 1.54) is 0 Å². The van der Waals surface area contributed by atoms with Crippen LogP contribution in [0.5, 0.6) is 0 Å². The zero-order chi connectivity index (χ0) is 17.9. The molecular weight excluding hydrogens is 338 g/mol. The Labute approximate surface area is 150 Å². The van der Waals surface area contributed by atoms with E-state index in [1.807, 2.05) is 4.90 Å². The number of nitrogens with zero attached hydrogens (tertiary/aromatic N) is 2. The SMILES string of the molecule is NCC1CCCN1C(=O)Cc1ccc(S(=O)(=O)N2CCCCC2)cc1. The van der Waals surface area contributed by atoms with Crippen LogP contribution in [-0.4, -0.2) is 55.8 Å². The Hall–Kier alpha value is -1.44. The maximum Gasteiger partial charge on any atom is 0.243 e. The first-order chi connectivity index (χ1) is 12.0. The van der Waals surface area contributed by atoms with Crippen LogP contribution < -0.4 is 5.73 Å². The first kappa shape index (κ1) is 18.4. The van der Waals surface area contributed by atoms with Crippen molar-refractivity contribution in [2.75, 3.05) is 26.2 Å². The van der Waals surface area contributed by atoms with Gasteiger partial charge in [-0.2, -0.15) is 4.31 Å². The minimum atomic E-state index is -3.41. The predicted octanol–water partition coefficient (Wildman–Crippen LogP) is 1.35. The number of piperidine rings is 1. The Bertz CT molecular complexity index is 697. The molecule has 1 aromatic carbocycles. The van der Waals surface area contributed by atoms with Gasteiger partial charge in [0.05, 0.1) is 11.3 Å². The maximum atomic E-state index is 12.6. The number of rotatable bonds is 5. The molecule has 7 heteroatoms. The standard InChI is InChI=1S/C18H27N3O3S/c19-14-16-5-4-12-21(16)18(22)13-15-6-8-17(9-7-15)25(23,24)20-10-2-1-3-11-20/h6-9,16H,1-5,10-14,19H2. The third-order valence-corrected chi connectivity index (χ3v) is 7.11. The van der Waals surface area contributed by atoms with Gasteiger partial charge in [-0.3, -0.25) is 4.79 Å². The first-order valence-corrected chi connectivity index (χ1v) is 10.5. The molecule has 2 N–H and O–H groups in total. The van der Waals surface area contributed by atoms with Gasteiger partial charge in [-0.25, -0.2) is 8.42 Å². The van der Waals surface area contributed by atoms with Crippen LogP contribution in [0.3, 0.4) is 0 Å². The molecule has 3 rings (SSSR count). The molecule has 1 amide bonds. The topological polar surface area (TPSA) is 83.7 Å². The van der Waals surface area contributed by atoms with Crippen LogP contribution in [-0.2, 0) is 21.2 Å². The number of nitrogens with two attached hydrogens (primary N) is 1. The van der Waals surface area contributed by atoms with Gasteiger partial charge in [0.15, 0.2) is 0 Å². The van der Waals surface area contributed by atoms with Crippen LogP contribution in [0.2, 0.25) is 0 Å². The fourth-order valence-electron chi connectivity index (χ4n) is 3.72. The Kier molecular flexibility index (Phi) is 5.76. The van der Waals surface area contributed by atoms with Gasteiger partial charge in [0, 0.05) is 32.2 Å². The van der Waals surface area contributed by atoms with Gasteiger partial charge in [-0.15, -0.1) is 0 Å². The highest BCUT2D eigenvalue weighted by Crippen LogP contribution is 2.22. The van der Waals surface area contributed by atoms with Crippen molar-refractivity contribution in [2.45, 2.75) is 49.5 Å². The van der Waals surface area contributed by atoms with Crippen molar-refractivity contribution in [3.63, 3.8) is 0 Å². The molecular formula is C18H27N3O3S. The summed E-state index contributed by atoms with van der Waals surface area (Å²) in [6, 6.07) is 6.89. The number of hydrogen-bond donors (Lipinski definition) is 1. The van der Waals surface area contributed by atoms with E-state index >= 15 is 0 Å². The van der Waals surface area contributed by atoms with E-state index in [4.69, 9.17) is 5.73 Å². The Morgan fingerprint density at radius 2 is 1.72 bits per heavy atom. The average molecular weight is 365 g/mol. The van der Waals surface area contributed by atoms with Gasteiger partial charge >= 0.3 is 0 Å². The highest BCUT2D eigenvalue weighted by Gasteiger charge is 2.28. The number of amides is 1. The van der Waals surface area contributed by atoms with Gasteiger partial charge in [0.25, 0.3) is 0 Å². The van der Waals surface area contributed by atoms with Gasteiger partial charge < -0.3 is 10.6 Å². The molecule has 2 heterocycles. The van der Waals surface area contributed by atoms with E-state index in [0.29, 0.717) is 31.0 Å². The molecule has 138 valence electrons. The summed E-state index contributed by atoms with van der Waals surface area (Å²) in [7, 11) is -3.41. The molecule has 25 heavy (non-hydrogen) atoms. The van der Waals surface area contributed by atoms with E-state index in [0.717, 1.165) is 44.2 Å². The van der Waals surface area contributed by atoms with Crippen LogP contribution in [0.4, 0.5) is 0 Å². The van der Waals surface area contributed by atoms with Crippen LogP contribution in [0, 0.1) is 0 Å². The molecule has 1 aromatic rings. The number of benzene rings is 1. The van der Waals surface area contributed by atoms with E-state index < -0.39 is 10.0 Å². The average Bonchev–Trinajstić information content (AvgIpc) is 3.12. The summed E-state index contributed by atoms with van der Waals surface area (Å²) in [6.07, 6.45) is 5.19. The Balaban J connectivity index is 1.66. The van der Waals surface area contributed by atoms with Crippen molar-refractivity contribution in [3.05, 3.63) is 29.8 Å². The molecule has 0 aromatic heterocycles. The smallest absolute Gasteiger partial charge is 0.243 e. The van der Waals surface area contributed by atoms with Gasteiger partial charge in [-0.1, -0.05) is 18.6 Å². The summed E-state index contributed by atoms with van der Waals surface area (Å²) in [5.74, 6) is 0.0691. The molecule has 6 nitrogen and oxygen atoms in total. The minimum Gasteiger partial charge on any atom is -0.338 e. The quantitative estimate of drug-likeness (QED) is 0.854. The van der Waals surface area contributed by atoms with Gasteiger partial charge in [0.1, 0.15) is 0 Å². The lowest BCUT2D eigenvalue weighted by molar-refractivity contribution is -0.131. The zero-order valence-corrected chi connectivity index (χ0v) is 15.4. The lowest BCUT2D eigenvalue weighted by Crippen LogP contribution is -2.40. The second-order valence-corrected chi connectivity index (χ2v) is 8.84. The van der Waals surface area contributed by atoms with Gasteiger partial charge in [0.2, 0.25) is 15.9 Å². The van der Waals surface area contributed by atoms with Crippen LogP contribution in [0.15, 0.2) is 29.2 Å². The summed E-state index contributed by atoms with van der Waals surface area (Å²) in [6.45, 7) is 2.46. The van der Waals surface area contributed by atoms with E-state index in [2.05, 4.69) is 0 Å². The highest BCUT2D eigenvalue weighted by molar-refractivity contribution is 7.89. The van der Waals surface area contributed by atoms with Crippen molar-refractivity contribution in [1.82, 2.24) is 9.21 Å². The van der Waals surface area contributed by atoms with Gasteiger partial charge in [-0.05, 0) is 43.4 Å². The van der Waals surface area contributed by atoms with E-state index in [-0.39, 0.29) is 11.9 Å².